The normalized spacial score (nSPS) is 11.0. The lowest BCUT2D eigenvalue weighted by Gasteiger charge is -2.25. The molecule has 0 spiro atoms. The first-order valence-electron chi connectivity index (χ1n) is 9.54. The van der Waals surface area contributed by atoms with Gasteiger partial charge >= 0.3 is 0 Å². The Bertz CT molecular complexity index is 987. The van der Waals surface area contributed by atoms with Gasteiger partial charge in [-0.3, -0.25) is 0 Å². The Balaban J connectivity index is 0.00000256. The maximum atomic E-state index is 6.12. The van der Waals surface area contributed by atoms with Crippen LogP contribution in [0.4, 0.5) is 0 Å². The highest BCUT2D eigenvalue weighted by Crippen LogP contribution is 2.55. The Morgan fingerprint density at radius 3 is 1.67 bits per heavy atom. The van der Waals surface area contributed by atoms with Crippen molar-refractivity contribution in [2.75, 3.05) is 5.75 Å². The largest absolute Gasteiger partial charge is 1.00 e. The second kappa shape index (κ2) is 10.4. The molecular weight excluding hydrogens is 520 g/mol. The van der Waals surface area contributed by atoms with E-state index in [0.717, 1.165) is 16.3 Å². The molecule has 3 aromatic carbocycles. The van der Waals surface area contributed by atoms with Gasteiger partial charge in [-0.15, -0.1) is 6.58 Å². The van der Waals surface area contributed by atoms with Crippen molar-refractivity contribution in [3.8, 4) is 0 Å². The van der Waals surface area contributed by atoms with Gasteiger partial charge in [0.25, 0.3) is 5.44 Å². The van der Waals surface area contributed by atoms with Crippen molar-refractivity contribution in [1.29, 1.82) is 0 Å². The Hall–Kier alpha value is -1.88. The summed E-state index contributed by atoms with van der Waals surface area (Å²) >= 11 is 1.66. The fourth-order valence-electron chi connectivity index (χ4n) is 3.61. The molecule has 30 heavy (non-hydrogen) atoms. The third kappa shape index (κ3) is 4.27. The summed E-state index contributed by atoms with van der Waals surface area (Å²) in [6.07, 6.45) is 1.90. The van der Waals surface area contributed by atoms with Gasteiger partial charge in [-0.2, -0.15) is 4.98 Å². The van der Waals surface area contributed by atoms with Crippen LogP contribution in [0.1, 0.15) is 5.89 Å². The molecule has 1 heterocycles. The quantitative estimate of drug-likeness (QED) is 0.154. The molecule has 0 fully saturated rings. The van der Waals surface area contributed by atoms with Crippen LogP contribution in [0.25, 0.3) is 0 Å². The number of nitrogens with zero attached hydrogens (tertiary/aromatic N) is 1. The lowest BCUT2D eigenvalue weighted by Crippen LogP contribution is -3.00. The van der Waals surface area contributed by atoms with E-state index in [1.807, 2.05) is 13.0 Å². The van der Waals surface area contributed by atoms with Crippen LogP contribution < -0.4 is 45.3 Å². The number of aromatic nitrogens is 1. The molecule has 2 nitrogen and oxygen atoms in total. The molecule has 0 aliphatic rings. The van der Waals surface area contributed by atoms with Crippen molar-refractivity contribution >= 4 is 40.4 Å². The monoisotopic (exact) mass is 543 g/mol. The van der Waals surface area contributed by atoms with Gasteiger partial charge < -0.3 is 28.4 Å². The van der Waals surface area contributed by atoms with Crippen LogP contribution >= 0.6 is 19.0 Å². The molecule has 4 rings (SSSR count). The first-order valence-corrected chi connectivity index (χ1v) is 12.3. The third-order valence-electron chi connectivity index (χ3n) is 4.77. The highest BCUT2D eigenvalue weighted by Gasteiger charge is 2.52. The van der Waals surface area contributed by atoms with Crippen molar-refractivity contribution in [2.24, 2.45) is 0 Å². The molecule has 0 bridgehead atoms. The van der Waals surface area contributed by atoms with E-state index in [0.29, 0.717) is 5.89 Å². The van der Waals surface area contributed by atoms with Crippen molar-refractivity contribution in [3.05, 3.63) is 110 Å². The summed E-state index contributed by atoms with van der Waals surface area (Å²) in [5.41, 5.74) is 1.03. The van der Waals surface area contributed by atoms with E-state index >= 15 is 0 Å². The molecule has 0 aliphatic heterocycles. The summed E-state index contributed by atoms with van der Waals surface area (Å²) in [7, 11) is -2.22. The number of hydrogen-bond donors (Lipinski definition) is 0. The van der Waals surface area contributed by atoms with Crippen molar-refractivity contribution in [2.45, 2.75) is 12.0 Å². The number of thioether (sulfide) groups is 1. The average Bonchev–Trinajstić information content (AvgIpc) is 3.16. The molecule has 0 unspecified atom stereocenters. The molecule has 1 aromatic heterocycles. The summed E-state index contributed by atoms with van der Waals surface area (Å²) in [6, 6.07) is 32.2. The van der Waals surface area contributed by atoms with Gasteiger partial charge in [0.1, 0.15) is 15.9 Å². The van der Waals surface area contributed by atoms with Gasteiger partial charge in [0, 0.05) is 12.7 Å². The van der Waals surface area contributed by atoms with Crippen LogP contribution in [0, 0.1) is 6.92 Å². The highest BCUT2D eigenvalue weighted by atomic mass is 127. The van der Waals surface area contributed by atoms with Crippen LogP contribution in [0.2, 0.25) is 0 Å². The zero-order valence-electron chi connectivity index (χ0n) is 16.7. The van der Waals surface area contributed by atoms with Gasteiger partial charge in [0.2, 0.25) is 5.09 Å². The number of aryl methyl sites for hydroxylation is 1. The van der Waals surface area contributed by atoms with Crippen LogP contribution in [-0.4, -0.2) is 10.7 Å². The molecule has 4 aromatic rings. The standard InChI is InChI=1S/C25H23NOPS.HI/c1-3-19-29-25-24(26-20(2)27-25)28(21-13-7-4-8-14-21,22-15-9-5-10-16-22)23-17-11-6-12-18-23;/h3-18H,1,19H2,2H3;1H/q+1;/p-1. The lowest BCUT2D eigenvalue weighted by atomic mass is 10.4. The van der Waals surface area contributed by atoms with Crippen LogP contribution in [0.15, 0.2) is 113 Å². The van der Waals surface area contributed by atoms with E-state index in [1.54, 1.807) is 11.8 Å². The molecular formula is C25H23INOPS. The third-order valence-corrected chi connectivity index (χ3v) is 10.0. The topological polar surface area (TPSA) is 26.0 Å². The minimum Gasteiger partial charge on any atom is -1.00 e. The average molecular weight is 543 g/mol. The van der Waals surface area contributed by atoms with Crippen molar-refractivity contribution in [1.82, 2.24) is 4.98 Å². The minimum atomic E-state index is -2.22. The molecule has 0 amide bonds. The zero-order chi connectivity index (χ0) is 20.1. The Morgan fingerprint density at radius 1 is 0.833 bits per heavy atom. The summed E-state index contributed by atoms with van der Waals surface area (Å²) in [4.78, 5) is 4.99. The predicted octanol–water partition coefficient (Wildman–Crippen LogP) is 1.88. The molecule has 0 atom stereocenters. The summed E-state index contributed by atoms with van der Waals surface area (Å²) < 4.78 is 6.12. The number of rotatable bonds is 7. The highest BCUT2D eigenvalue weighted by molar-refractivity contribution is 8.04. The molecule has 0 aliphatic carbocycles. The number of oxazole rings is 1. The maximum Gasteiger partial charge on any atom is 0.250 e. The van der Waals surface area contributed by atoms with E-state index in [9.17, 15) is 0 Å². The predicted molar refractivity (Wildman–Crippen MR) is 127 cm³/mol. The fraction of sp³-hybridized carbons (Fsp3) is 0.0800. The number of benzene rings is 3. The van der Waals surface area contributed by atoms with Crippen LogP contribution in [0.5, 0.6) is 0 Å². The first kappa shape index (κ1) is 22.8. The van der Waals surface area contributed by atoms with E-state index < -0.39 is 7.26 Å². The molecule has 0 saturated carbocycles. The Morgan fingerprint density at radius 2 is 1.27 bits per heavy atom. The van der Waals surface area contributed by atoms with Crippen molar-refractivity contribution < 1.29 is 28.4 Å². The van der Waals surface area contributed by atoms with E-state index in [4.69, 9.17) is 9.40 Å². The Kier molecular flexibility index (Phi) is 7.93. The summed E-state index contributed by atoms with van der Waals surface area (Å²) in [5.74, 6) is 1.47. The van der Waals surface area contributed by atoms with Crippen LogP contribution in [-0.2, 0) is 0 Å². The van der Waals surface area contributed by atoms with Gasteiger partial charge in [-0.05, 0) is 36.4 Å². The van der Waals surface area contributed by atoms with Crippen molar-refractivity contribution in [3.63, 3.8) is 0 Å². The second-order valence-corrected chi connectivity index (χ2v) is 10.9. The van der Waals surface area contributed by atoms with Crippen LogP contribution in [0.3, 0.4) is 0 Å². The first-order chi connectivity index (χ1) is 14.3. The van der Waals surface area contributed by atoms with E-state index in [1.165, 1.54) is 15.9 Å². The zero-order valence-corrected chi connectivity index (χ0v) is 20.6. The summed E-state index contributed by atoms with van der Waals surface area (Å²) in [5, 5.41) is 4.69. The number of hydrogen-bond acceptors (Lipinski definition) is 3. The lowest BCUT2D eigenvalue weighted by molar-refractivity contribution is -0.00000631. The SMILES string of the molecule is C=CCSc1oc(C)nc1[P+](c1ccccc1)(c1ccccc1)c1ccccc1.[I-]. The molecule has 5 heteroatoms. The van der Waals surface area contributed by atoms with Gasteiger partial charge in [0.05, 0.1) is 0 Å². The summed E-state index contributed by atoms with van der Waals surface area (Å²) in [6.45, 7) is 5.80. The molecule has 0 radical (unpaired) electrons. The maximum absolute atomic E-state index is 6.12. The molecule has 0 N–H and O–H groups in total. The van der Waals surface area contributed by atoms with E-state index in [-0.39, 0.29) is 24.0 Å². The van der Waals surface area contributed by atoms with E-state index in [2.05, 4.69) is 97.6 Å². The Labute approximate surface area is 200 Å². The molecule has 152 valence electrons. The van der Waals surface area contributed by atoms with Gasteiger partial charge in [0.15, 0.2) is 13.2 Å². The fourth-order valence-corrected chi connectivity index (χ4v) is 8.93. The number of halogens is 1. The van der Waals surface area contributed by atoms with Gasteiger partial charge in [-0.1, -0.05) is 72.4 Å². The second-order valence-electron chi connectivity index (χ2n) is 6.62. The minimum absolute atomic E-state index is 0. The van der Waals surface area contributed by atoms with Gasteiger partial charge in [-0.25, -0.2) is 0 Å². The smallest absolute Gasteiger partial charge is 0.250 e. The molecule has 0 saturated heterocycles.